The lowest BCUT2D eigenvalue weighted by Gasteiger charge is -2.06. The molecule has 1 aromatic carbocycles. The minimum absolute atomic E-state index is 0.652. The summed E-state index contributed by atoms with van der Waals surface area (Å²) < 4.78 is 1.09. The monoisotopic (exact) mass is 308 g/mol. The first-order valence-corrected chi connectivity index (χ1v) is 6.98. The van der Waals surface area contributed by atoms with Gasteiger partial charge in [0.05, 0.1) is 0 Å². The van der Waals surface area contributed by atoms with Crippen molar-refractivity contribution in [2.75, 3.05) is 6.54 Å². The molecule has 0 saturated carbocycles. The second-order valence-corrected chi connectivity index (χ2v) is 5.54. The maximum atomic E-state index is 5.60. The number of hydrogen-bond acceptors (Lipinski definition) is 3. The van der Waals surface area contributed by atoms with Gasteiger partial charge in [-0.05, 0) is 48.9 Å². The fourth-order valence-electron chi connectivity index (χ4n) is 1.48. The molecular formula is C13H13BrN2S. The van der Waals surface area contributed by atoms with Gasteiger partial charge in [0.2, 0.25) is 0 Å². The average Bonchev–Trinajstić information content (AvgIpc) is 2.35. The predicted octanol–water partition coefficient (Wildman–Crippen LogP) is 3.50. The molecule has 0 aliphatic heterocycles. The number of pyridine rings is 1. The normalized spacial score (nSPS) is 10.5. The van der Waals surface area contributed by atoms with Gasteiger partial charge in [0.1, 0.15) is 5.03 Å². The van der Waals surface area contributed by atoms with Crippen molar-refractivity contribution in [1.29, 1.82) is 0 Å². The Balaban J connectivity index is 2.20. The average molecular weight is 309 g/mol. The molecule has 0 spiro atoms. The zero-order valence-electron chi connectivity index (χ0n) is 9.27. The molecule has 17 heavy (non-hydrogen) atoms. The van der Waals surface area contributed by atoms with E-state index in [4.69, 9.17) is 5.73 Å². The van der Waals surface area contributed by atoms with Gasteiger partial charge in [-0.2, -0.15) is 0 Å². The molecule has 0 radical (unpaired) electrons. The summed E-state index contributed by atoms with van der Waals surface area (Å²) in [5.41, 5.74) is 6.81. The highest BCUT2D eigenvalue weighted by Gasteiger charge is 2.04. The summed E-state index contributed by atoms with van der Waals surface area (Å²) >= 11 is 5.10. The van der Waals surface area contributed by atoms with Gasteiger partial charge < -0.3 is 5.73 Å². The fraction of sp³-hybridized carbons (Fsp3) is 0.154. The Morgan fingerprint density at radius 3 is 2.65 bits per heavy atom. The Kier molecular flexibility index (Phi) is 4.59. The number of halogens is 1. The number of nitrogens with zero attached hydrogens (tertiary/aromatic N) is 1. The zero-order chi connectivity index (χ0) is 12.1. The summed E-state index contributed by atoms with van der Waals surface area (Å²) in [6, 6.07) is 12.3. The minimum atomic E-state index is 0.652. The van der Waals surface area contributed by atoms with E-state index >= 15 is 0 Å². The topological polar surface area (TPSA) is 38.9 Å². The van der Waals surface area contributed by atoms with Gasteiger partial charge in [0.25, 0.3) is 0 Å². The second-order valence-electron chi connectivity index (χ2n) is 3.56. The quantitative estimate of drug-likeness (QED) is 0.939. The molecule has 0 aliphatic rings. The third-order valence-corrected chi connectivity index (χ3v) is 3.89. The Hall–Kier alpha value is -0.840. The molecule has 0 saturated heterocycles. The van der Waals surface area contributed by atoms with E-state index in [2.05, 4.69) is 39.1 Å². The lowest BCUT2D eigenvalue weighted by Crippen LogP contribution is -2.04. The van der Waals surface area contributed by atoms with Crippen molar-refractivity contribution in [3.8, 4) is 0 Å². The van der Waals surface area contributed by atoms with Gasteiger partial charge in [0, 0.05) is 15.6 Å². The fourth-order valence-corrected chi connectivity index (χ4v) is 2.65. The van der Waals surface area contributed by atoms with Gasteiger partial charge in [-0.25, -0.2) is 4.98 Å². The summed E-state index contributed by atoms with van der Waals surface area (Å²) in [7, 11) is 0. The summed E-state index contributed by atoms with van der Waals surface area (Å²) in [6.07, 6.45) is 2.69. The van der Waals surface area contributed by atoms with E-state index in [1.165, 1.54) is 10.5 Å². The van der Waals surface area contributed by atoms with E-state index in [0.717, 1.165) is 15.9 Å². The molecule has 2 N–H and O–H groups in total. The van der Waals surface area contributed by atoms with Crippen molar-refractivity contribution in [3.63, 3.8) is 0 Å². The van der Waals surface area contributed by atoms with Gasteiger partial charge in [-0.1, -0.05) is 33.8 Å². The smallest absolute Gasteiger partial charge is 0.104 e. The maximum absolute atomic E-state index is 5.60. The lowest BCUT2D eigenvalue weighted by molar-refractivity contribution is 0.911. The summed E-state index contributed by atoms with van der Waals surface area (Å²) in [4.78, 5) is 5.60. The van der Waals surface area contributed by atoms with Crippen LogP contribution in [-0.4, -0.2) is 11.5 Å². The molecule has 0 aliphatic carbocycles. The van der Waals surface area contributed by atoms with Crippen molar-refractivity contribution >= 4 is 27.7 Å². The molecule has 4 heteroatoms. The number of hydrogen-bond donors (Lipinski definition) is 1. The Bertz CT molecular complexity index is 485. The predicted molar refractivity (Wildman–Crippen MR) is 75.3 cm³/mol. The summed E-state index contributed by atoms with van der Waals surface area (Å²) in [5, 5.41) is 1.04. The zero-order valence-corrected chi connectivity index (χ0v) is 11.7. The van der Waals surface area contributed by atoms with Crippen molar-refractivity contribution in [1.82, 2.24) is 4.98 Å². The summed E-state index contributed by atoms with van der Waals surface area (Å²) in [6.45, 7) is 0.652. The molecule has 0 unspecified atom stereocenters. The highest BCUT2D eigenvalue weighted by Crippen LogP contribution is 2.29. The minimum Gasteiger partial charge on any atom is -0.330 e. The SMILES string of the molecule is NCCc1cccnc1Sc1ccc(Br)cc1. The van der Waals surface area contributed by atoms with Crippen LogP contribution in [0.15, 0.2) is 57.0 Å². The highest BCUT2D eigenvalue weighted by atomic mass is 79.9. The van der Waals surface area contributed by atoms with E-state index in [0.29, 0.717) is 6.54 Å². The first kappa shape index (κ1) is 12.6. The van der Waals surface area contributed by atoms with E-state index in [-0.39, 0.29) is 0 Å². The summed E-state index contributed by atoms with van der Waals surface area (Å²) in [5.74, 6) is 0. The molecule has 88 valence electrons. The number of rotatable bonds is 4. The van der Waals surface area contributed by atoms with Gasteiger partial charge >= 0.3 is 0 Å². The maximum Gasteiger partial charge on any atom is 0.104 e. The molecule has 2 rings (SSSR count). The number of nitrogens with two attached hydrogens (primary N) is 1. The Morgan fingerprint density at radius 2 is 1.94 bits per heavy atom. The van der Waals surface area contributed by atoms with Crippen LogP contribution < -0.4 is 5.73 Å². The van der Waals surface area contributed by atoms with Gasteiger partial charge in [-0.3, -0.25) is 0 Å². The second kappa shape index (κ2) is 6.19. The van der Waals surface area contributed by atoms with Crippen LogP contribution in [0.4, 0.5) is 0 Å². The molecule has 0 bridgehead atoms. The van der Waals surface area contributed by atoms with Crippen LogP contribution in [0.3, 0.4) is 0 Å². The number of aromatic nitrogens is 1. The van der Waals surface area contributed by atoms with E-state index < -0.39 is 0 Å². The van der Waals surface area contributed by atoms with Crippen LogP contribution in [0.1, 0.15) is 5.56 Å². The first-order valence-electron chi connectivity index (χ1n) is 5.37. The lowest BCUT2D eigenvalue weighted by atomic mass is 10.2. The van der Waals surface area contributed by atoms with Gasteiger partial charge in [-0.15, -0.1) is 0 Å². The largest absolute Gasteiger partial charge is 0.330 e. The molecule has 1 aromatic heterocycles. The first-order chi connectivity index (χ1) is 8.29. The van der Waals surface area contributed by atoms with Gasteiger partial charge in [0.15, 0.2) is 0 Å². The molecule has 0 fully saturated rings. The number of benzene rings is 1. The van der Waals surface area contributed by atoms with Crippen LogP contribution in [0.25, 0.3) is 0 Å². The van der Waals surface area contributed by atoms with Crippen LogP contribution in [-0.2, 0) is 6.42 Å². The molecule has 0 atom stereocenters. The van der Waals surface area contributed by atoms with Crippen molar-refractivity contribution in [2.45, 2.75) is 16.3 Å². The third kappa shape index (κ3) is 3.56. The van der Waals surface area contributed by atoms with Crippen LogP contribution in [0.5, 0.6) is 0 Å². The van der Waals surface area contributed by atoms with E-state index in [9.17, 15) is 0 Å². The van der Waals surface area contributed by atoms with E-state index in [1.807, 2.05) is 24.4 Å². The third-order valence-electron chi connectivity index (χ3n) is 2.29. The molecule has 0 amide bonds. The highest BCUT2D eigenvalue weighted by molar-refractivity contribution is 9.10. The molecule has 2 aromatic rings. The van der Waals surface area contributed by atoms with Crippen molar-refractivity contribution < 1.29 is 0 Å². The van der Waals surface area contributed by atoms with Crippen molar-refractivity contribution in [3.05, 3.63) is 52.6 Å². The van der Waals surface area contributed by atoms with Crippen molar-refractivity contribution in [2.24, 2.45) is 5.73 Å². The van der Waals surface area contributed by atoms with E-state index in [1.54, 1.807) is 11.8 Å². The molecular weight excluding hydrogens is 296 g/mol. The Labute approximate surface area is 114 Å². The Morgan fingerprint density at radius 1 is 1.18 bits per heavy atom. The molecule has 2 nitrogen and oxygen atoms in total. The standard InChI is InChI=1S/C13H13BrN2S/c14-11-3-5-12(6-4-11)17-13-10(7-8-15)2-1-9-16-13/h1-6,9H,7-8,15H2. The van der Waals surface area contributed by atoms with Crippen LogP contribution in [0.2, 0.25) is 0 Å². The van der Waals surface area contributed by atoms with Crippen LogP contribution in [0, 0.1) is 0 Å². The van der Waals surface area contributed by atoms with Crippen LogP contribution >= 0.6 is 27.7 Å². The molecule has 1 heterocycles.